The monoisotopic (exact) mass is 368 g/mol. The van der Waals surface area contributed by atoms with Gasteiger partial charge in [-0.3, -0.25) is 0 Å². The van der Waals surface area contributed by atoms with Gasteiger partial charge in [-0.1, -0.05) is 6.08 Å². The van der Waals surface area contributed by atoms with E-state index in [9.17, 15) is 22.4 Å². The summed E-state index contributed by atoms with van der Waals surface area (Å²) >= 11 is 0. The summed E-state index contributed by atoms with van der Waals surface area (Å²) in [7, 11) is 1.06. The average Bonchev–Trinajstić information content (AvgIpc) is 2.60. The molecule has 0 aliphatic heterocycles. The Hall–Kier alpha value is -2.90. The fraction of sp³-hybridized carbons (Fsp3) is 0.222. The molecule has 0 aliphatic carbocycles. The van der Waals surface area contributed by atoms with Crippen molar-refractivity contribution < 1.29 is 27.1 Å². The number of allylic oxidation sites excluding steroid dienone is 1. The number of nitrogens with zero attached hydrogens (tertiary/aromatic N) is 1. The summed E-state index contributed by atoms with van der Waals surface area (Å²) in [4.78, 5) is 15.2. The number of benzene rings is 1. The summed E-state index contributed by atoms with van der Waals surface area (Å²) in [5.41, 5.74) is -0.486. The normalized spacial score (nSPS) is 11.1. The van der Waals surface area contributed by atoms with Crippen LogP contribution >= 0.6 is 0 Å². The van der Waals surface area contributed by atoms with Gasteiger partial charge in [0.1, 0.15) is 11.5 Å². The predicted molar refractivity (Wildman–Crippen MR) is 88.8 cm³/mol. The molecule has 0 spiro atoms. The lowest BCUT2D eigenvalue weighted by Gasteiger charge is -2.15. The smallest absolute Gasteiger partial charge is 0.433 e. The molecule has 1 aromatic carbocycles. The Bertz CT molecular complexity index is 819. The molecule has 1 N–H and O–H groups in total. The number of hydrogen-bond acceptors (Lipinski definition) is 4. The van der Waals surface area contributed by atoms with E-state index in [2.05, 4.69) is 21.6 Å². The summed E-state index contributed by atoms with van der Waals surface area (Å²) in [5.74, 6) is -1.40. The number of nitrogens with one attached hydrogen (secondary N) is 1. The third kappa shape index (κ3) is 4.59. The molecule has 26 heavy (non-hydrogen) atoms. The molecule has 0 saturated carbocycles. The van der Waals surface area contributed by atoms with Gasteiger partial charge in [-0.15, -0.1) is 6.58 Å². The van der Waals surface area contributed by atoms with Gasteiger partial charge < -0.3 is 10.1 Å². The highest BCUT2D eigenvalue weighted by molar-refractivity contribution is 5.96. The first kappa shape index (κ1) is 19.4. The number of carbonyl (C=O) groups is 1. The van der Waals surface area contributed by atoms with Gasteiger partial charge in [-0.25, -0.2) is 14.2 Å². The van der Waals surface area contributed by atoms with Crippen molar-refractivity contribution in [2.75, 3.05) is 12.4 Å². The van der Waals surface area contributed by atoms with Crippen LogP contribution in [0.15, 0.2) is 43.1 Å². The van der Waals surface area contributed by atoms with Crippen LogP contribution in [0.25, 0.3) is 0 Å². The van der Waals surface area contributed by atoms with Crippen molar-refractivity contribution in [1.29, 1.82) is 0 Å². The Balaban J connectivity index is 2.46. The van der Waals surface area contributed by atoms with E-state index in [4.69, 9.17) is 0 Å². The van der Waals surface area contributed by atoms with Gasteiger partial charge in [0.25, 0.3) is 0 Å². The first-order valence-corrected chi connectivity index (χ1v) is 7.58. The second kappa shape index (κ2) is 7.99. The highest BCUT2D eigenvalue weighted by Crippen LogP contribution is 2.32. The second-order valence-electron chi connectivity index (χ2n) is 5.36. The maximum absolute atomic E-state index is 13.5. The molecule has 0 unspecified atom stereocenters. The van der Waals surface area contributed by atoms with Gasteiger partial charge in [0.15, 0.2) is 0 Å². The number of aromatic nitrogens is 1. The third-order valence-corrected chi connectivity index (χ3v) is 3.55. The third-order valence-electron chi connectivity index (χ3n) is 3.55. The Morgan fingerprint density at radius 1 is 1.31 bits per heavy atom. The van der Waals surface area contributed by atoms with Crippen LogP contribution in [0.5, 0.6) is 0 Å². The zero-order chi connectivity index (χ0) is 19.3. The molecule has 0 atom stereocenters. The lowest BCUT2D eigenvalue weighted by atomic mass is 10.1. The van der Waals surface area contributed by atoms with Crippen LogP contribution in [0.1, 0.15) is 28.0 Å². The number of pyridine rings is 1. The molecule has 1 aromatic heterocycles. The number of ether oxygens (including phenoxy) is 1. The molecule has 4 nitrogen and oxygen atoms in total. The lowest BCUT2D eigenvalue weighted by molar-refractivity contribution is -0.141. The van der Waals surface area contributed by atoms with Gasteiger partial charge >= 0.3 is 12.1 Å². The predicted octanol–water partition coefficient (Wildman–Crippen LogP) is 4.89. The van der Waals surface area contributed by atoms with E-state index in [1.165, 1.54) is 18.2 Å². The van der Waals surface area contributed by atoms with Crippen LogP contribution in [0.4, 0.5) is 28.9 Å². The molecule has 0 bridgehead atoms. The minimum absolute atomic E-state index is 0.0244. The van der Waals surface area contributed by atoms with Crippen LogP contribution in [0.2, 0.25) is 0 Å². The zero-order valence-corrected chi connectivity index (χ0v) is 13.9. The summed E-state index contributed by atoms with van der Waals surface area (Å²) in [6, 6.07) is 4.56. The van der Waals surface area contributed by atoms with E-state index >= 15 is 0 Å². The van der Waals surface area contributed by atoms with Gasteiger partial charge in [-0.05, 0) is 42.7 Å². The van der Waals surface area contributed by atoms with Crippen molar-refractivity contribution in [3.8, 4) is 0 Å². The van der Waals surface area contributed by atoms with Gasteiger partial charge in [0, 0.05) is 5.69 Å². The molecule has 0 amide bonds. The summed E-state index contributed by atoms with van der Waals surface area (Å²) in [6.07, 6.45) is -1.10. The number of alkyl halides is 3. The van der Waals surface area contributed by atoms with Crippen LogP contribution in [-0.2, 0) is 17.3 Å². The van der Waals surface area contributed by atoms with Crippen LogP contribution in [0, 0.1) is 5.82 Å². The van der Waals surface area contributed by atoms with Gasteiger partial charge in [0.2, 0.25) is 0 Å². The van der Waals surface area contributed by atoms with E-state index in [1.54, 1.807) is 6.08 Å². The summed E-state index contributed by atoms with van der Waals surface area (Å²) < 4.78 is 56.6. The van der Waals surface area contributed by atoms with E-state index in [0.29, 0.717) is 30.2 Å². The van der Waals surface area contributed by atoms with Crippen LogP contribution in [0.3, 0.4) is 0 Å². The number of carbonyl (C=O) groups excluding carboxylic acids is 1. The Kier molecular flexibility index (Phi) is 5.97. The molecule has 8 heteroatoms. The van der Waals surface area contributed by atoms with Crippen LogP contribution < -0.4 is 5.32 Å². The number of methoxy groups -OCH3 is 1. The number of esters is 1. The fourth-order valence-corrected chi connectivity index (χ4v) is 2.28. The molecule has 138 valence electrons. The molecule has 0 radical (unpaired) electrons. The maximum Gasteiger partial charge on any atom is 0.433 e. The Labute approximate surface area is 147 Å². The fourth-order valence-electron chi connectivity index (χ4n) is 2.28. The summed E-state index contributed by atoms with van der Waals surface area (Å²) in [6.45, 7) is 3.60. The van der Waals surface area contributed by atoms with Crippen molar-refractivity contribution in [3.63, 3.8) is 0 Å². The molecule has 0 aliphatic rings. The Morgan fingerprint density at radius 3 is 2.65 bits per heavy atom. The number of anilines is 2. The maximum atomic E-state index is 13.5. The molecular formula is C18H16F4N2O2. The average molecular weight is 368 g/mol. The quantitative estimate of drug-likeness (QED) is 0.448. The number of hydrogen-bond donors (Lipinski definition) is 1. The van der Waals surface area contributed by atoms with Crippen molar-refractivity contribution in [1.82, 2.24) is 4.98 Å². The Morgan fingerprint density at radius 2 is 2.04 bits per heavy atom. The topological polar surface area (TPSA) is 51.2 Å². The molecular weight excluding hydrogens is 352 g/mol. The van der Waals surface area contributed by atoms with E-state index in [0.717, 1.165) is 13.3 Å². The number of halogens is 4. The zero-order valence-electron chi connectivity index (χ0n) is 13.9. The van der Waals surface area contributed by atoms with Crippen molar-refractivity contribution >= 4 is 17.3 Å². The first-order valence-electron chi connectivity index (χ1n) is 7.58. The highest BCUT2D eigenvalue weighted by atomic mass is 19.4. The number of aryl methyl sites for hydroxylation is 1. The molecule has 2 rings (SSSR count). The van der Waals surface area contributed by atoms with E-state index in [1.807, 2.05) is 0 Å². The van der Waals surface area contributed by atoms with E-state index in [-0.39, 0.29) is 11.3 Å². The highest BCUT2D eigenvalue weighted by Gasteiger charge is 2.34. The van der Waals surface area contributed by atoms with Gasteiger partial charge in [0.05, 0.1) is 24.6 Å². The SMILES string of the molecule is C=CCCc1cc(F)ccc1Nc1cnc(C(F)(F)F)cc1C(=O)OC. The molecule has 1 heterocycles. The van der Waals surface area contributed by atoms with Crippen molar-refractivity contribution in [2.45, 2.75) is 19.0 Å². The molecule has 0 fully saturated rings. The largest absolute Gasteiger partial charge is 0.465 e. The molecule has 2 aromatic rings. The van der Waals surface area contributed by atoms with E-state index < -0.39 is 23.7 Å². The minimum Gasteiger partial charge on any atom is -0.465 e. The van der Waals surface area contributed by atoms with Crippen molar-refractivity contribution in [3.05, 3.63) is 65.8 Å². The summed E-state index contributed by atoms with van der Waals surface area (Å²) in [5, 5.41) is 2.84. The van der Waals surface area contributed by atoms with Gasteiger partial charge in [-0.2, -0.15) is 13.2 Å². The van der Waals surface area contributed by atoms with Crippen LogP contribution in [-0.4, -0.2) is 18.1 Å². The molecule has 0 saturated heterocycles. The first-order chi connectivity index (χ1) is 12.3. The van der Waals surface area contributed by atoms with Crippen molar-refractivity contribution in [2.24, 2.45) is 0 Å². The minimum atomic E-state index is -4.70. The standard InChI is InChI=1S/C18H16F4N2O2/c1-3-4-5-11-8-12(19)6-7-14(11)24-15-10-23-16(18(20,21)22)9-13(15)17(25)26-2/h3,6-10,24H,1,4-5H2,2H3. The second-order valence-corrected chi connectivity index (χ2v) is 5.36. The lowest BCUT2D eigenvalue weighted by Crippen LogP contribution is -2.13. The number of rotatable bonds is 6.